The van der Waals surface area contributed by atoms with Crippen molar-refractivity contribution in [2.75, 3.05) is 0 Å². The lowest BCUT2D eigenvalue weighted by Crippen LogP contribution is -2.28. The highest BCUT2D eigenvalue weighted by molar-refractivity contribution is 7.89. The minimum absolute atomic E-state index is 0.0112. The maximum absolute atomic E-state index is 13.7. The summed E-state index contributed by atoms with van der Waals surface area (Å²) in [4.78, 5) is 12.1. The van der Waals surface area contributed by atoms with Gasteiger partial charge in [-0.05, 0) is 36.8 Å². The van der Waals surface area contributed by atoms with E-state index in [0.29, 0.717) is 5.56 Å². The SMILES string of the molecule is CC(NC(=O)Cc1c(F)cccc1Cl)c1ccc(S(N)(=O)=O)cc1. The summed E-state index contributed by atoms with van der Waals surface area (Å²) in [6.45, 7) is 1.73. The molecule has 0 aromatic heterocycles. The quantitative estimate of drug-likeness (QED) is 0.847. The van der Waals surface area contributed by atoms with Gasteiger partial charge in [0.05, 0.1) is 17.4 Å². The van der Waals surface area contributed by atoms with Gasteiger partial charge in [0.15, 0.2) is 0 Å². The predicted molar refractivity (Wildman–Crippen MR) is 89.5 cm³/mol. The zero-order valence-electron chi connectivity index (χ0n) is 12.8. The lowest BCUT2D eigenvalue weighted by molar-refractivity contribution is -0.121. The molecule has 2 aromatic rings. The fourth-order valence-corrected chi connectivity index (χ4v) is 2.93. The van der Waals surface area contributed by atoms with Gasteiger partial charge < -0.3 is 5.32 Å². The van der Waals surface area contributed by atoms with E-state index in [1.54, 1.807) is 19.1 Å². The summed E-state index contributed by atoms with van der Waals surface area (Å²) in [5, 5.41) is 7.93. The van der Waals surface area contributed by atoms with Crippen LogP contribution in [0.3, 0.4) is 0 Å². The van der Waals surface area contributed by atoms with Crippen LogP contribution < -0.4 is 10.5 Å². The summed E-state index contributed by atoms with van der Waals surface area (Å²) in [5.74, 6) is -0.937. The van der Waals surface area contributed by atoms with E-state index in [2.05, 4.69) is 5.32 Å². The summed E-state index contributed by atoms with van der Waals surface area (Å²) < 4.78 is 36.1. The van der Waals surface area contributed by atoms with Crippen LogP contribution in [0.15, 0.2) is 47.4 Å². The number of nitrogens with one attached hydrogen (secondary N) is 1. The van der Waals surface area contributed by atoms with Crippen molar-refractivity contribution in [2.45, 2.75) is 24.3 Å². The van der Waals surface area contributed by atoms with Crippen LogP contribution in [-0.2, 0) is 21.2 Å². The Labute approximate surface area is 144 Å². The third-order valence-electron chi connectivity index (χ3n) is 3.49. The van der Waals surface area contributed by atoms with Crippen LogP contribution in [0.1, 0.15) is 24.1 Å². The summed E-state index contributed by atoms with van der Waals surface area (Å²) in [6.07, 6.45) is -0.189. The van der Waals surface area contributed by atoms with Gasteiger partial charge in [-0.15, -0.1) is 0 Å². The lowest BCUT2D eigenvalue weighted by atomic mass is 10.1. The largest absolute Gasteiger partial charge is 0.349 e. The Kier molecular flexibility index (Phi) is 5.58. The molecular formula is C16H16ClFN2O3S. The molecule has 0 aliphatic carbocycles. The second-order valence-corrected chi connectivity index (χ2v) is 7.25. The Morgan fingerprint density at radius 1 is 1.25 bits per heavy atom. The number of amides is 1. The van der Waals surface area contributed by atoms with E-state index in [9.17, 15) is 17.6 Å². The predicted octanol–water partition coefficient (Wildman–Crippen LogP) is 2.55. The summed E-state index contributed by atoms with van der Waals surface area (Å²) in [6, 6.07) is 9.67. The summed E-state index contributed by atoms with van der Waals surface area (Å²) in [7, 11) is -3.76. The van der Waals surface area contributed by atoms with Crippen LogP contribution in [-0.4, -0.2) is 14.3 Å². The van der Waals surface area contributed by atoms with Crippen molar-refractivity contribution in [3.05, 3.63) is 64.4 Å². The third kappa shape index (κ3) is 4.53. The molecule has 1 atom stereocenters. The molecule has 0 saturated heterocycles. The Morgan fingerprint density at radius 2 is 1.88 bits per heavy atom. The van der Waals surface area contributed by atoms with Gasteiger partial charge in [-0.25, -0.2) is 17.9 Å². The van der Waals surface area contributed by atoms with Crippen molar-refractivity contribution in [3.8, 4) is 0 Å². The van der Waals surface area contributed by atoms with E-state index < -0.39 is 27.8 Å². The van der Waals surface area contributed by atoms with Gasteiger partial charge in [0.25, 0.3) is 0 Å². The van der Waals surface area contributed by atoms with Gasteiger partial charge in [-0.1, -0.05) is 29.8 Å². The van der Waals surface area contributed by atoms with E-state index in [0.717, 1.165) is 0 Å². The minimum Gasteiger partial charge on any atom is -0.349 e. The second-order valence-electron chi connectivity index (χ2n) is 5.28. The normalized spacial score (nSPS) is 12.7. The van der Waals surface area contributed by atoms with Crippen LogP contribution in [0.4, 0.5) is 4.39 Å². The molecule has 8 heteroatoms. The molecule has 3 N–H and O–H groups in total. The van der Waals surface area contributed by atoms with Gasteiger partial charge in [-0.3, -0.25) is 4.79 Å². The monoisotopic (exact) mass is 370 g/mol. The smallest absolute Gasteiger partial charge is 0.238 e. The van der Waals surface area contributed by atoms with E-state index >= 15 is 0 Å². The molecular weight excluding hydrogens is 355 g/mol. The third-order valence-corrected chi connectivity index (χ3v) is 4.77. The molecule has 2 rings (SSSR count). The first kappa shape index (κ1) is 18.4. The Bertz CT molecular complexity index is 834. The van der Waals surface area contributed by atoms with Gasteiger partial charge in [0.1, 0.15) is 5.82 Å². The summed E-state index contributed by atoms with van der Waals surface area (Å²) >= 11 is 5.90. The lowest BCUT2D eigenvalue weighted by Gasteiger charge is -2.15. The van der Waals surface area contributed by atoms with Crippen molar-refractivity contribution in [2.24, 2.45) is 5.14 Å². The number of hydrogen-bond acceptors (Lipinski definition) is 3. The van der Waals surface area contributed by atoms with Gasteiger partial charge >= 0.3 is 0 Å². The molecule has 24 heavy (non-hydrogen) atoms. The van der Waals surface area contributed by atoms with E-state index in [1.165, 1.54) is 30.3 Å². The zero-order chi connectivity index (χ0) is 17.9. The van der Waals surface area contributed by atoms with E-state index in [1.807, 2.05) is 0 Å². The molecule has 1 amide bonds. The molecule has 0 spiro atoms. The Hall–Kier alpha value is -1.96. The number of hydrogen-bond donors (Lipinski definition) is 2. The maximum atomic E-state index is 13.7. The maximum Gasteiger partial charge on any atom is 0.238 e. The molecule has 1 unspecified atom stereocenters. The molecule has 0 aliphatic rings. The Morgan fingerprint density at radius 3 is 2.42 bits per heavy atom. The van der Waals surface area contributed by atoms with Gasteiger partial charge in [0, 0.05) is 10.6 Å². The van der Waals surface area contributed by atoms with Crippen molar-refractivity contribution in [1.29, 1.82) is 0 Å². The first-order chi connectivity index (χ1) is 11.2. The number of rotatable bonds is 5. The number of sulfonamides is 1. The molecule has 5 nitrogen and oxygen atoms in total. The topological polar surface area (TPSA) is 89.3 Å². The molecule has 0 radical (unpaired) electrons. The molecule has 0 bridgehead atoms. The van der Waals surface area contributed by atoms with Crippen molar-refractivity contribution in [3.63, 3.8) is 0 Å². The molecule has 0 aliphatic heterocycles. The zero-order valence-corrected chi connectivity index (χ0v) is 14.4. The van der Waals surface area contributed by atoms with E-state index in [-0.39, 0.29) is 21.9 Å². The second kappa shape index (κ2) is 7.29. The highest BCUT2D eigenvalue weighted by Gasteiger charge is 2.15. The minimum atomic E-state index is -3.76. The average Bonchev–Trinajstić information content (AvgIpc) is 2.50. The number of primary sulfonamides is 1. The molecule has 128 valence electrons. The highest BCUT2D eigenvalue weighted by Crippen LogP contribution is 2.20. The molecule has 0 heterocycles. The number of carbonyl (C=O) groups is 1. The van der Waals surface area contributed by atoms with E-state index in [4.69, 9.17) is 16.7 Å². The first-order valence-electron chi connectivity index (χ1n) is 7.03. The number of benzene rings is 2. The standard InChI is InChI=1S/C16H16ClFN2O3S/c1-10(11-5-7-12(8-6-11)24(19,22)23)20-16(21)9-13-14(17)3-2-4-15(13)18/h2-8,10H,9H2,1H3,(H,20,21)(H2,19,22,23). The van der Waals surface area contributed by atoms with Gasteiger partial charge in [0.2, 0.25) is 15.9 Å². The average molecular weight is 371 g/mol. The van der Waals surface area contributed by atoms with Crippen molar-refractivity contribution >= 4 is 27.5 Å². The highest BCUT2D eigenvalue weighted by atomic mass is 35.5. The number of halogens is 2. The van der Waals surface area contributed by atoms with Crippen molar-refractivity contribution < 1.29 is 17.6 Å². The molecule has 0 fully saturated rings. The Balaban J connectivity index is 2.06. The molecule has 2 aromatic carbocycles. The molecule has 0 saturated carbocycles. The first-order valence-corrected chi connectivity index (χ1v) is 8.96. The number of nitrogens with two attached hydrogens (primary N) is 1. The van der Waals surface area contributed by atoms with Crippen LogP contribution in [0.2, 0.25) is 5.02 Å². The fraction of sp³-hybridized carbons (Fsp3) is 0.188. The fourth-order valence-electron chi connectivity index (χ4n) is 2.18. The van der Waals surface area contributed by atoms with Crippen LogP contribution >= 0.6 is 11.6 Å². The van der Waals surface area contributed by atoms with Crippen LogP contribution in [0, 0.1) is 5.82 Å². The van der Waals surface area contributed by atoms with Crippen LogP contribution in [0.5, 0.6) is 0 Å². The van der Waals surface area contributed by atoms with Crippen molar-refractivity contribution in [1.82, 2.24) is 5.32 Å². The number of carbonyl (C=O) groups excluding carboxylic acids is 1. The van der Waals surface area contributed by atoms with Crippen LogP contribution in [0.25, 0.3) is 0 Å². The summed E-state index contributed by atoms with van der Waals surface area (Å²) in [5.41, 5.74) is 0.823. The van der Waals surface area contributed by atoms with Gasteiger partial charge in [-0.2, -0.15) is 0 Å².